The number of fused-ring (bicyclic) bond motifs is 7. The van der Waals surface area contributed by atoms with Crippen LogP contribution < -0.4 is 5.46 Å². The number of hydrogen-bond donors (Lipinski definition) is 0. The third kappa shape index (κ3) is 2.80. The molecule has 6 rings (SSSR count). The predicted molar refractivity (Wildman–Crippen MR) is 146 cm³/mol. The van der Waals surface area contributed by atoms with Crippen LogP contribution in [0.2, 0.25) is 0 Å². The van der Waals surface area contributed by atoms with E-state index in [-0.39, 0.29) is 23.7 Å². The van der Waals surface area contributed by atoms with Crippen LogP contribution in [-0.2, 0) is 14.7 Å². The van der Waals surface area contributed by atoms with Crippen molar-refractivity contribution >= 4 is 18.2 Å². The molecule has 2 nitrogen and oxygen atoms in total. The maximum atomic E-state index is 6.41. The van der Waals surface area contributed by atoms with Crippen molar-refractivity contribution in [3.8, 4) is 11.1 Å². The summed E-state index contributed by atoms with van der Waals surface area (Å²) in [6.45, 7) is 14.6. The van der Waals surface area contributed by atoms with Crippen LogP contribution in [0.25, 0.3) is 16.7 Å². The Hall–Kier alpha value is -3.14. The monoisotopic (exact) mass is 458 g/mol. The fourth-order valence-electron chi connectivity index (χ4n) is 6.21. The largest absolute Gasteiger partial charge is 0.494 e. The highest BCUT2D eigenvalue weighted by Crippen LogP contribution is 2.63. The van der Waals surface area contributed by atoms with Gasteiger partial charge in [-0.05, 0) is 84.6 Å². The number of benzene rings is 3. The van der Waals surface area contributed by atoms with Crippen molar-refractivity contribution in [2.75, 3.05) is 0 Å². The molecule has 3 aliphatic rings. The smallest absolute Gasteiger partial charge is 0.399 e. The van der Waals surface area contributed by atoms with Gasteiger partial charge < -0.3 is 9.31 Å². The zero-order chi connectivity index (χ0) is 24.6. The van der Waals surface area contributed by atoms with E-state index in [9.17, 15) is 0 Å². The first-order valence-electron chi connectivity index (χ1n) is 12.5. The molecule has 2 aliphatic carbocycles. The average Bonchev–Trinajstić information content (AvgIpc) is 3.38. The summed E-state index contributed by atoms with van der Waals surface area (Å²) < 4.78 is 12.8. The van der Waals surface area contributed by atoms with E-state index in [0.717, 1.165) is 5.46 Å². The molecule has 1 spiro atoms. The topological polar surface area (TPSA) is 18.5 Å². The van der Waals surface area contributed by atoms with Gasteiger partial charge in [-0.2, -0.15) is 0 Å². The van der Waals surface area contributed by atoms with E-state index in [0.29, 0.717) is 0 Å². The van der Waals surface area contributed by atoms with E-state index in [1.165, 1.54) is 44.5 Å². The van der Waals surface area contributed by atoms with Gasteiger partial charge >= 0.3 is 7.12 Å². The van der Waals surface area contributed by atoms with Gasteiger partial charge in [0.25, 0.3) is 0 Å². The predicted octanol–water partition coefficient (Wildman–Crippen LogP) is 6.83. The van der Waals surface area contributed by atoms with Crippen LogP contribution in [0.5, 0.6) is 0 Å². The highest BCUT2D eigenvalue weighted by atomic mass is 16.7. The van der Waals surface area contributed by atoms with E-state index in [1.54, 1.807) is 0 Å². The lowest BCUT2D eigenvalue weighted by Gasteiger charge is -2.32. The Morgan fingerprint density at radius 2 is 1.31 bits per heavy atom. The average molecular weight is 458 g/mol. The molecule has 0 amide bonds. The Morgan fingerprint density at radius 3 is 1.94 bits per heavy atom. The second kappa shape index (κ2) is 7.43. The Bertz CT molecular complexity index is 1430. The summed E-state index contributed by atoms with van der Waals surface area (Å²) in [7, 11) is -0.387. The fourth-order valence-corrected chi connectivity index (χ4v) is 6.21. The highest BCUT2D eigenvalue weighted by Gasteiger charge is 2.55. The maximum absolute atomic E-state index is 6.41. The lowest BCUT2D eigenvalue weighted by atomic mass is 9.69. The van der Waals surface area contributed by atoms with Crippen molar-refractivity contribution in [2.45, 2.75) is 51.2 Å². The summed E-state index contributed by atoms with van der Waals surface area (Å²) >= 11 is 0. The molecule has 3 aromatic rings. The zero-order valence-electron chi connectivity index (χ0n) is 21.2. The van der Waals surface area contributed by atoms with E-state index < -0.39 is 0 Å². The molecule has 1 unspecified atom stereocenters. The normalized spacial score (nSPS) is 25.2. The van der Waals surface area contributed by atoms with Gasteiger partial charge in [-0.3, -0.25) is 0 Å². The standard InChI is InChI=1S/C32H31BO2/c1-7-13-22-23-14-9-11-16-27(23)32(26(22)8-2)28-17-12-10-15-24(28)25-20-21(18-19-29(25)32)33-34-30(3,4)31(5,6)35-33/h7-20H,1H2,2-6H3. The zero-order valence-corrected chi connectivity index (χ0v) is 21.2. The lowest BCUT2D eigenvalue weighted by molar-refractivity contribution is 0.00578. The first-order chi connectivity index (χ1) is 16.8. The van der Waals surface area contributed by atoms with Gasteiger partial charge in [0.1, 0.15) is 0 Å². The van der Waals surface area contributed by atoms with Crippen LogP contribution in [0.1, 0.15) is 56.9 Å². The van der Waals surface area contributed by atoms with E-state index in [4.69, 9.17) is 9.31 Å². The molecule has 1 heterocycles. The van der Waals surface area contributed by atoms with Crippen LogP contribution in [-0.4, -0.2) is 18.3 Å². The van der Waals surface area contributed by atoms with Gasteiger partial charge in [0, 0.05) is 0 Å². The number of allylic oxidation sites excluding steroid dienone is 5. The summed E-state index contributed by atoms with van der Waals surface area (Å²) in [5.74, 6) is 0. The van der Waals surface area contributed by atoms with Gasteiger partial charge in [-0.15, -0.1) is 0 Å². The van der Waals surface area contributed by atoms with Gasteiger partial charge in [-0.1, -0.05) is 91.5 Å². The molecule has 35 heavy (non-hydrogen) atoms. The minimum atomic E-state index is -0.387. The van der Waals surface area contributed by atoms with Gasteiger partial charge in [0.2, 0.25) is 0 Å². The van der Waals surface area contributed by atoms with Crippen LogP contribution >= 0.6 is 0 Å². The fraction of sp³-hybridized carbons (Fsp3) is 0.250. The minimum absolute atomic E-state index is 0.347. The van der Waals surface area contributed by atoms with Gasteiger partial charge in [0.05, 0.1) is 16.6 Å². The summed E-state index contributed by atoms with van der Waals surface area (Å²) in [4.78, 5) is 0. The highest BCUT2D eigenvalue weighted by molar-refractivity contribution is 6.62. The summed E-state index contributed by atoms with van der Waals surface area (Å²) in [5.41, 5.74) is 10.3. The molecular weight excluding hydrogens is 427 g/mol. The Kier molecular flexibility index (Phi) is 4.74. The molecule has 174 valence electrons. The van der Waals surface area contributed by atoms with Crippen molar-refractivity contribution in [1.29, 1.82) is 0 Å². The third-order valence-electron chi connectivity index (χ3n) is 8.48. The Labute approximate surface area is 209 Å². The molecule has 1 aliphatic heterocycles. The molecular formula is C32H31BO2. The van der Waals surface area contributed by atoms with Crippen LogP contribution in [0.4, 0.5) is 0 Å². The second-order valence-corrected chi connectivity index (χ2v) is 10.8. The molecule has 0 saturated carbocycles. The maximum Gasteiger partial charge on any atom is 0.494 e. The van der Waals surface area contributed by atoms with Gasteiger partial charge in [0.15, 0.2) is 0 Å². The molecule has 1 saturated heterocycles. The van der Waals surface area contributed by atoms with Gasteiger partial charge in [-0.25, -0.2) is 0 Å². The van der Waals surface area contributed by atoms with Crippen molar-refractivity contribution < 1.29 is 9.31 Å². The van der Waals surface area contributed by atoms with Crippen molar-refractivity contribution in [1.82, 2.24) is 0 Å². The minimum Gasteiger partial charge on any atom is -0.399 e. The van der Waals surface area contributed by atoms with Crippen LogP contribution in [0.3, 0.4) is 0 Å². The molecule has 0 N–H and O–H groups in total. The molecule has 3 aromatic carbocycles. The first-order valence-corrected chi connectivity index (χ1v) is 12.5. The summed E-state index contributed by atoms with van der Waals surface area (Å²) in [5, 5.41) is 0. The van der Waals surface area contributed by atoms with E-state index >= 15 is 0 Å². The van der Waals surface area contributed by atoms with Crippen LogP contribution in [0, 0.1) is 0 Å². The molecule has 1 fully saturated rings. The molecule has 0 radical (unpaired) electrons. The van der Waals surface area contributed by atoms with Crippen molar-refractivity contribution in [3.05, 3.63) is 119 Å². The summed E-state index contributed by atoms with van der Waals surface area (Å²) in [6.07, 6.45) is 6.34. The van der Waals surface area contributed by atoms with Crippen molar-refractivity contribution in [3.63, 3.8) is 0 Å². The summed E-state index contributed by atoms with van der Waals surface area (Å²) in [6, 6.07) is 24.4. The SMILES string of the molecule is C=CC=C1C(=CC)C2(c3ccccc31)c1ccccc1-c1cc(B3OC(C)(C)C(C)(C)O3)ccc12. The quantitative estimate of drug-likeness (QED) is 0.392. The van der Waals surface area contributed by atoms with Crippen LogP contribution in [0.15, 0.2) is 97.1 Å². The van der Waals surface area contributed by atoms with E-state index in [2.05, 4.69) is 120 Å². The Morgan fingerprint density at radius 1 is 0.743 bits per heavy atom. The first kappa shape index (κ1) is 22.3. The lowest BCUT2D eigenvalue weighted by Crippen LogP contribution is -2.41. The second-order valence-electron chi connectivity index (χ2n) is 10.8. The third-order valence-corrected chi connectivity index (χ3v) is 8.48. The van der Waals surface area contributed by atoms with Crippen molar-refractivity contribution in [2.24, 2.45) is 0 Å². The molecule has 0 aromatic heterocycles. The molecule has 1 atom stereocenters. The van der Waals surface area contributed by atoms with E-state index in [1.807, 2.05) is 6.08 Å². The molecule has 3 heteroatoms. The Balaban J connectivity index is 1.62. The number of hydrogen-bond acceptors (Lipinski definition) is 2. The number of rotatable bonds is 2. The molecule has 0 bridgehead atoms.